The first kappa shape index (κ1) is 18.3. The van der Waals surface area contributed by atoms with Crippen molar-refractivity contribution in [3.63, 3.8) is 0 Å². The van der Waals surface area contributed by atoms with Crippen LogP contribution in [0.5, 0.6) is 5.75 Å². The fourth-order valence-electron chi connectivity index (χ4n) is 2.47. The van der Waals surface area contributed by atoms with Crippen molar-refractivity contribution >= 4 is 40.9 Å². The lowest BCUT2D eigenvalue weighted by molar-refractivity contribution is -0.138. The maximum atomic E-state index is 13.9. The maximum Gasteiger partial charge on any atom is 0.321 e. The summed E-state index contributed by atoms with van der Waals surface area (Å²) in [7, 11) is 0. The Morgan fingerprint density at radius 1 is 1.36 bits per heavy atom. The van der Waals surface area contributed by atoms with Crippen LogP contribution in [0.4, 0.5) is 4.39 Å². The van der Waals surface area contributed by atoms with Gasteiger partial charge in [0.05, 0.1) is 10.4 Å². The van der Waals surface area contributed by atoms with E-state index in [-0.39, 0.29) is 22.6 Å². The molecule has 2 aromatic rings. The van der Waals surface area contributed by atoms with Gasteiger partial charge in [-0.2, -0.15) is 0 Å². The Hall–Kier alpha value is -1.47. The van der Waals surface area contributed by atoms with Crippen LogP contribution in [-0.2, 0) is 11.4 Å². The minimum atomic E-state index is -0.905. The van der Waals surface area contributed by atoms with Crippen LogP contribution in [0.1, 0.15) is 16.5 Å². The fourth-order valence-corrected chi connectivity index (χ4v) is 4.12. The summed E-state index contributed by atoms with van der Waals surface area (Å²) in [6.45, 7) is -0.0418. The molecule has 0 aliphatic carbocycles. The van der Waals surface area contributed by atoms with Crippen molar-refractivity contribution in [3.05, 3.63) is 63.4 Å². The number of carboxylic acids is 1. The third-order valence-electron chi connectivity index (χ3n) is 3.77. The third-order valence-corrected chi connectivity index (χ3v) is 5.61. The average Bonchev–Trinajstić information content (AvgIpc) is 3.05. The molecule has 0 spiro atoms. The number of nitrogens with one attached hydrogen (secondary N) is 1. The zero-order chi connectivity index (χ0) is 18.0. The van der Waals surface area contributed by atoms with Crippen molar-refractivity contribution in [2.45, 2.75) is 18.0 Å². The lowest BCUT2D eigenvalue weighted by Gasteiger charge is -2.17. The highest BCUT2D eigenvalue weighted by atomic mass is 35.5. The number of benzene rings is 2. The Bertz CT molecular complexity index is 785. The summed E-state index contributed by atoms with van der Waals surface area (Å²) in [6.07, 6.45) is 0. The van der Waals surface area contributed by atoms with E-state index in [4.69, 9.17) is 33.0 Å². The smallest absolute Gasteiger partial charge is 0.321 e. The number of aliphatic carboxylic acids is 1. The first-order valence-corrected chi connectivity index (χ1v) is 9.22. The van der Waals surface area contributed by atoms with Gasteiger partial charge in [-0.25, -0.2) is 4.39 Å². The van der Waals surface area contributed by atoms with Gasteiger partial charge in [0.25, 0.3) is 0 Å². The van der Waals surface area contributed by atoms with Crippen molar-refractivity contribution in [1.82, 2.24) is 5.32 Å². The average molecular weight is 402 g/mol. The molecule has 1 aliphatic heterocycles. The monoisotopic (exact) mass is 401 g/mol. The number of rotatable bonds is 5. The van der Waals surface area contributed by atoms with E-state index < -0.39 is 17.8 Å². The summed E-state index contributed by atoms with van der Waals surface area (Å²) in [4.78, 5) is 11.1. The van der Waals surface area contributed by atoms with Gasteiger partial charge < -0.3 is 9.84 Å². The number of carbonyl (C=O) groups is 1. The molecule has 2 N–H and O–H groups in total. The Balaban J connectivity index is 1.81. The van der Waals surface area contributed by atoms with Crippen LogP contribution in [0.15, 0.2) is 36.4 Å². The summed E-state index contributed by atoms with van der Waals surface area (Å²) in [6, 6.07) is 8.87. The van der Waals surface area contributed by atoms with Gasteiger partial charge in [-0.15, -0.1) is 11.8 Å². The molecule has 2 aromatic carbocycles. The molecule has 25 heavy (non-hydrogen) atoms. The van der Waals surface area contributed by atoms with E-state index in [1.165, 1.54) is 23.9 Å². The molecule has 2 atom stereocenters. The Morgan fingerprint density at radius 2 is 2.16 bits per heavy atom. The number of thioether (sulfide) groups is 1. The molecular weight excluding hydrogens is 388 g/mol. The van der Waals surface area contributed by atoms with Crippen LogP contribution in [0, 0.1) is 5.82 Å². The third kappa shape index (κ3) is 4.20. The number of hydrogen-bond acceptors (Lipinski definition) is 4. The summed E-state index contributed by atoms with van der Waals surface area (Å²) in [5.74, 6) is -0.412. The molecule has 2 unspecified atom stereocenters. The van der Waals surface area contributed by atoms with E-state index >= 15 is 0 Å². The predicted octanol–water partition coefficient (Wildman–Crippen LogP) is 4.50. The Labute approximate surface area is 158 Å². The number of ether oxygens (including phenoxy) is 1. The first-order valence-electron chi connectivity index (χ1n) is 7.41. The minimum absolute atomic E-state index is 0.0418. The molecule has 0 aromatic heterocycles. The minimum Gasteiger partial charge on any atom is -0.488 e. The highest BCUT2D eigenvalue weighted by Crippen LogP contribution is 2.39. The van der Waals surface area contributed by atoms with Crippen LogP contribution in [-0.4, -0.2) is 22.9 Å². The van der Waals surface area contributed by atoms with Gasteiger partial charge in [-0.05, 0) is 30.3 Å². The molecule has 4 nitrogen and oxygen atoms in total. The lowest BCUT2D eigenvalue weighted by Crippen LogP contribution is -2.33. The molecule has 0 saturated carbocycles. The molecule has 1 heterocycles. The predicted molar refractivity (Wildman–Crippen MR) is 97.0 cm³/mol. The summed E-state index contributed by atoms with van der Waals surface area (Å²) < 4.78 is 19.7. The fraction of sp³-hybridized carbons (Fsp3) is 0.235. The topological polar surface area (TPSA) is 58.6 Å². The van der Waals surface area contributed by atoms with Crippen LogP contribution < -0.4 is 10.1 Å². The van der Waals surface area contributed by atoms with E-state index in [1.807, 2.05) is 0 Å². The van der Waals surface area contributed by atoms with Crippen LogP contribution in [0.25, 0.3) is 0 Å². The van der Waals surface area contributed by atoms with E-state index in [1.54, 1.807) is 24.3 Å². The molecule has 0 amide bonds. The highest BCUT2D eigenvalue weighted by Gasteiger charge is 2.32. The summed E-state index contributed by atoms with van der Waals surface area (Å²) >= 11 is 13.5. The van der Waals surface area contributed by atoms with Crippen molar-refractivity contribution in [3.8, 4) is 5.75 Å². The molecule has 1 saturated heterocycles. The standard InChI is InChI=1S/C17H14Cl2FNO3S/c18-9-4-5-15(24-7-11-12(19)2-1-3-13(11)20)10(6-9)16-21-14(8-25-16)17(22)23/h1-6,14,16,21H,7-8H2,(H,22,23). The SMILES string of the molecule is O=C(O)C1CSC(c2cc(Cl)ccc2OCc2c(F)cccc2Cl)N1. The highest BCUT2D eigenvalue weighted by molar-refractivity contribution is 7.99. The number of halogens is 3. The van der Waals surface area contributed by atoms with Gasteiger partial charge in [0, 0.05) is 21.9 Å². The number of hydrogen-bond donors (Lipinski definition) is 2. The molecule has 1 aliphatic rings. The molecule has 1 fully saturated rings. The van der Waals surface area contributed by atoms with Gasteiger partial charge in [0.2, 0.25) is 0 Å². The molecule has 132 valence electrons. The van der Waals surface area contributed by atoms with Gasteiger partial charge in [0.15, 0.2) is 0 Å². The van der Waals surface area contributed by atoms with Crippen molar-refractivity contribution < 1.29 is 19.0 Å². The van der Waals surface area contributed by atoms with Crippen LogP contribution >= 0.6 is 35.0 Å². The molecule has 0 radical (unpaired) electrons. The van der Waals surface area contributed by atoms with Gasteiger partial charge in [-0.3, -0.25) is 10.1 Å². The molecular formula is C17H14Cl2FNO3S. The van der Waals surface area contributed by atoms with E-state index in [0.717, 1.165) is 0 Å². The zero-order valence-corrected chi connectivity index (χ0v) is 15.2. The largest absolute Gasteiger partial charge is 0.488 e. The van der Waals surface area contributed by atoms with Crippen molar-refractivity contribution in [1.29, 1.82) is 0 Å². The summed E-state index contributed by atoms with van der Waals surface area (Å²) in [5.41, 5.74) is 0.981. The van der Waals surface area contributed by atoms with E-state index in [2.05, 4.69) is 5.32 Å². The van der Waals surface area contributed by atoms with Crippen molar-refractivity contribution in [2.24, 2.45) is 0 Å². The summed E-state index contributed by atoms with van der Waals surface area (Å²) in [5, 5.41) is 12.7. The van der Waals surface area contributed by atoms with Crippen molar-refractivity contribution in [2.75, 3.05) is 5.75 Å². The first-order chi connectivity index (χ1) is 12.0. The number of carboxylic acid groups (broad SMARTS) is 1. The van der Waals surface area contributed by atoms with Gasteiger partial charge >= 0.3 is 5.97 Å². The molecule has 8 heteroatoms. The second-order valence-electron chi connectivity index (χ2n) is 5.44. The Morgan fingerprint density at radius 3 is 2.84 bits per heavy atom. The van der Waals surface area contributed by atoms with E-state index in [9.17, 15) is 9.18 Å². The lowest BCUT2D eigenvalue weighted by atomic mass is 10.1. The normalized spacial score (nSPS) is 19.8. The van der Waals surface area contributed by atoms with Crippen LogP contribution in [0.2, 0.25) is 10.0 Å². The quantitative estimate of drug-likeness (QED) is 0.772. The van der Waals surface area contributed by atoms with E-state index in [0.29, 0.717) is 22.1 Å². The molecule has 3 rings (SSSR count). The maximum absolute atomic E-state index is 13.9. The zero-order valence-electron chi connectivity index (χ0n) is 12.8. The second-order valence-corrected chi connectivity index (χ2v) is 7.42. The second kappa shape index (κ2) is 7.83. The Kier molecular flexibility index (Phi) is 5.74. The van der Waals surface area contributed by atoms with Crippen LogP contribution in [0.3, 0.4) is 0 Å². The van der Waals surface area contributed by atoms with Gasteiger partial charge in [0.1, 0.15) is 24.2 Å². The molecule has 0 bridgehead atoms. The van der Waals surface area contributed by atoms with Gasteiger partial charge in [-0.1, -0.05) is 29.3 Å².